The molecule has 10 unspecified atom stereocenters. The second-order valence-corrected chi connectivity index (χ2v) is 17.8. The van der Waals surface area contributed by atoms with E-state index in [-0.39, 0.29) is 0 Å². The first-order chi connectivity index (χ1) is 21.1. The fourth-order valence-electron chi connectivity index (χ4n) is 11.1. The van der Waals surface area contributed by atoms with Crippen LogP contribution in [0.5, 0.6) is 0 Å². The summed E-state index contributed by atoms with van der Waals surface area (Å²) in [5.74, 6) is 9.79. The molecule has 250 valence electrons. The van der Waals surface area contributed by atoms with Gasteiger partial charge in [0.15, 0.2) is 0 Å². The highest BCUT2D eigenvalue weighted by atomic mass is 16.3. The van der Waals surface area contributed by atoms with Crippen molar-refractivity contribution < 1.29 is 5.11 Å². The molecule has 44 heavy (non-hydrogen) atoms. The number of allylic oxidation sites excluding steroid dienone is 6. The van der Waals surface area contributed by atoms with Crippen molar-refractivity contribution in [2.24, 2.45) is 76.4 Å². The Labute approximate surface area is 274 Å². The standard InChI is InChI=1S/C43H72O/c1-29-14-16-38(26-32(29)4)33(5)30(2)22-25-43(23-9-8-10-24-43)41-20-18-36(19-21-41)40-13-11-12-37(27-40)34(6)35(7)39-17-15-31(3)42(44)28-39/h11-12,18,28-35,37-41,44H,8-10,13-17,19-27H2,1-7H3/t29?,30-,31?,32+,33?,34?,35?,37?,38?,39?,40?,41?/m1/s1. The predicted molar refractivity (Wildman–Crippen MR) is 190 cm³/mol. The van der Waals surface area contributed by atoms with E-state index in [4.69, 9.17) is 0 Å². The third kappa shape index (κ3) is 7.93. The number of aliphatic hydroxyl groups excluding tert-OH is 1. The summed E-state index contributed by atoms with van der Waals surface area (Å²) in [5, 5.41) is 10.4. The van der Waals surface area contributed by atoms with Gasteiger partial charge in [0.1, 0.15) is 0 Å². The molecule has 0 radical (unpaired) electrons. The van der Waals surface area contributed by atoms with E-state index in [1.165, 1.54) is 103 Å². The monoisotopic (exact) mass is 605 g/mol. The van der Waals surface area contributed by atoms with E-state index in [0.29, 0.717) is 40.8 Å². The Bertz CT molecular complexity index is 994. The highest BCUT2D eigenvalue weighted by Gasteiger charge is 2.41. The lowest BCUT2D eigenvalue weighted by Gasteiger charge is -2.47. The highest BCUT2D eigenvalue weighted by molar-refractivity contribution is 5.17. The maximum atomic E-state index is 10.4. The predicted octanol–water partition coefficient (Wildman–Crippen LogP) is 13.1. The summed E-state index contributed by atoms with van der Waals surface area (Å²) in [6, 6.07) is 0. The van der Waals surface area contributed by atoms with Crippen LogP contribution in [0.15, 0.2) is 35.6 Å². The molecule has 5 aliphatic carbocycles. The zero-order valence-corrected chi connectivity index (χ0v) is 30.2. The van der Waals surface area contributed by atoms with Crippen molar-refractivity contribution in [1.29, 1.82) is 0 Å². The van der Waals surface area contributed by atoms with Gasteiger partial charge in [0.05, 0.1) is 5.76 Å². The fourth-order valence-corrected chi connectivity index (χ4v) is 11.1. The molecule has 0 aliphatic heterocycles. The highest BCUT2D eigenvalue weighted by Crippen LogP contribution is 2.53. The minimum atomic E-state index is 0.351. The number of aliphatic hydroxyl groups is 1. The Morgan fingerprint density at radius 2 is 1.55 bits per heavy atom. The molecular formula is C43H72O. The van der Waals surface area contributed by atoms with E-state index in [9.17, 15) is 5.11 Å². The van der Waals surface area contributed by atoms with Gasteiger partial charge in [-0.2, -0.15) is 0 Å². The molecule has 1 N–H and O–H groups in total. The summed E-state index contributed by atoms with van der Waals surface area (Å²) >= 11 is 0. The van der Waals surface area contributed by atoms with Gasteiger partial charge in [-0.15, -0.1) is 0 Å². The van der Waals surface area contributed by atoms with Gasteiger partial charge in [0.2, 0.25) is 0 Å². The normalized spacial score (nSPS) is 39.1. The van der Waals surface area contributed by atoms with Crippen LogP contribution in [-0.4, -0.2) is 5.11 Å². The van der Waals surface area contributed by atoms with Crippen molar-refractivity contribution in [2.45, 2.75) is 158 Å². The lowest BCUT2D eigenvalue weighted by molar-refractivity contribution is 0.0566. The smallest absolute Gasteiger partial charge is 0.0913 e. The molecule has 0 aromatic heterocycles. The molecule has 0 heterocycles. The van der Waals surface area contributed by atoms with Gasteiger partial charge >= 0.3 is 0 Å². The summed E-state index contributed by atoms with van der Waals surface area (Å²) in [7, 11) is 0. The van der Waals surface area contributed by atoms with Crippen LogP contribution in [0, 0.1) is 76.4 Å². The molecular weight excluding hydrogens is 532 g/mol. The average Bonchev–Trinajstić information content (AvgIpc) is 3.05. The summed E-state index contributed by atoms with van der Waals surface area (Å²) in [6.45, 7) is 17.4. The van der Waals surface area contributed by atoms with E-state index in [1.807, 2.05) is 5.57 Å². The van der Waals surface area contributed by atoms with Crippen molar-refractivity contribution in [1.82, 2.24) is 0 Å². The lowest BCUT2D eigenvalue weighted by Crippen LogP contribution is -2.36. The van der Waals surface area contributed by atoms with Crippen LogP contribution < -0.4 is 0 Å². The number of hydrogen-bond donors (Lipinski definition) is 1. The van der Waals surface area contributed by atoms with Gasteiger partial charge in [-0.1, -0.05) is 98.0 Å². The SMILES string of the molecule is CC1CCC(C(C)C(C)C2C=CCC(C3=CCC(C4(CC[C@@H](C)C(C)C5CCC(C)[C@@H](C)C5)CCCCC4)CC3)C2)C=C1O. The Balaban J connectivity index is 1.17. The van der Waals surface area contributed by atoms with Gasteiger partial charge in [-0.05, 0) is 160 Å². The van der Waals surface area contributed by atoms with Crippen molar-refractivity contribution in [3.8, 4) is 0 Å². The van der Waals surface area contributed by atoms with Crippen molar-refractivity contribution in [3.05, 3.63) is 35.6 Å². The molecule has 12 atom stereocenters. The molecule has 0 bridgehead atoms. The quantitative estimate of drug-likeness (QED) is 0.246. The first kappa shape index (κ1) is 34.4. The minimum Gasteiger partial charge on any atom is -0.512 e. The first-order valence-electron chi connectivity index (χ1n) is 19.8. The van der Waals surface area contributed by atoms with E-state index < -0.39 is 0 Å². The van der Waals surface area contributed by atoms with Crippen LogP contribution >= 0.6 is 0 Å². The van der Waals surface area contributed by atoms with Crippen LogP contribution in [0.1, 0.15) is 158 Å². The zero-order valence-electron chi connectivity index (χ0n) is 30.2. The third-order valence-corrected chi connectivity index (χ3v) is 15.4. The van der Waals surface area contributed by atoms with Crippen LogP contribution in [-0.2, 0) is 0 Å². The van der Waals surface area contributed by atoms with E-state index in [0.717, 1.165) is 47.8 Å². The molecule has 0 aromatic carbocycles. The van der Waals surface area contributed by atoms with Gasteiger partial charge in [-0.25, -0.2) is 0 Å². The van der Waals surface area contributed by atoms with Gasteiger partial charge in [-0.3, -0.25) is 0 Å². The molecule has 0 aromatic rings. The molecule has 1 heteroatoms. The molecule has 0 amide bonds. The second-order valence-electron chi connectivity index (χ2n) is 17.8. The Hall–Kier alpha value is -0.980. The second kappa shape index (κ2) is 15.3. The molecule has 0 saturated heterocycles. The lowest BCUT2D eigenvalue weighted by atomic mass is 9.58. The van der Waals surface area contributed by atoms with Crippen molar-refractivity contribution in [3.63, 3.8) is 0 Å². The third-order valence-electron chi connectivity index (χ3n) is 15.4. The van der Waals surface area contributed by atoms with E-state index >= 15 is 0 Å². The Morgan fingerprint density at radius 3 is 2.23 bits per heavy atom. The Morgan fingerprint density at radius 1 is 0.795 bits per heavy atom. The maximum Gasteiger partial charge on any atom is 0.0913 e. The van der Waals surface area contributed by atoms with Crippen LogP contribution in [0.4, 0.5) is 0 Å². The van der Waals surface area contributed by atoms with E-state index in [2.05, 4.69) is 72.8 Å². The largest absolute Gasteiger partial charge is 0.512 e. The topological polar surface area (TPSA) is 20.2 Å². The van der Waals surface area contributed by atoms with Gasteiger partial charge in [0.25, 0.3) is 0 Å². The summed E-state index contributed by atoms with van der Waals surface area (Å²) < 4.78 is 0. The van der Waals surface area contributed by atoms with Crippen molar-refractivity contribution in [2.75, 3.05) is 0 Å². The molecule has 1 nitrogen and oxygen atoms in total. The fraction of sp³-hybridized carbons (Fsp3) is 0.860. The molecule has 5 aliphatic rings. The Kier molecular flexibility index (Phi) is 11.9. The van der Waals surface area contributed by atoms with Crippen LogP contribution in [0.3, 0.4) is 0 Å². The molecule has 2 fully saturated rings. The van der Waals surface area contributed by atoms with Crippen LogP contribution in [0.25, 0.3) is 0 Å². The number of rotatable bonds is 10. The number of hydrogen-bond acceptors (Lipinski definition) is 1. The summed E-state index contributed by atoms with van der Waals surface area (Å²) in [4.78, 5) is 0. The van der Waals surface area contributed by atoms with Crippen molar-refractivity contribution >= 4 is 0 Å². The van der Waals surface area contributed by atoms with Gasteiger partial charge in [0, 0.05) is 5.92 Å². The molecule has 0 spiro atoms. The van der Waals surface area contributed by atoms with Gasteiger partial charge < -0.3 is 5.11 Å². The summed E-state index contributed by atoms with van der Waals surface area (Å²) in [6.07, 6.45) is 34.1. The molecule has 5 rings (SSSR count). The maximum absolute atomic E-state index is 10.4. The minimum absolute atomic E-state index is 0.351. The average molecular weight is 605 g/mol. The van der Waals surface area contributed by atoms with Crippen LogP contribution in [0.2, 0.25) is 0 Å². The first-order valence-corrected chi connectivity index (χ1v) is 19.8. The zero-order chi connectivity index (χ0) is 31.4. The van der Waals surface area contributed by atoms with E-state index in [1.54, 1.807) is 0 Å². The molecule has 2 saturated carbocycles. The summed E-state index contributed by atoms with van der Waals surface area (Å²) in [5.41, 5.74) is 2.44.